The van der Waals surface area contributed by atoms with Crippen LogP contribution in [0.2, 0.25) is 10.3 Å². The van der Waals surface area contributed by atoms with Gasteiger partial charge < -0.3 is 14.7 Å². The average Bonchev–Trinajstić information content (AvgIpc) is 2.47. The summed E-state index contributed by atoms with van der Waals surface area (Å²) in [6.45, 7) is 0.883. The molecule has 2 heterocycles. The van der Waals surface area contributed by atoms with Crippen molar-refractivity contribution in [1.29, 1.82) is 0 Å². The van der Waals surface area contributed by atoms with Crippen LogP contribution >= 0.6 is 23.2 Å². The first-order valence-electron chi connectivity index (χ1n) is 6.99. The van der Waals surface area contributed by atoms with Gasteiger partial charge in [0.25, 0.3) is 0 Å². The van der Waals surface area contributed by atoms with Crippen molar-refractivity contribution in [1.82, 2.24) is 9.88 Å². The van der Waals surface area contributed by atoms with Crippen LogP contribution in [0.3, 0.4) is 0 Å². The fourth-order valence-electron chi connectivity index (χ4n) is 3.36. The number of fused-ring (bicyclic) bond motifs is 2. The number of methoxy groups -OCH3 is 1. The Bertz CT molecular complexity index is 690. The van der Waals surface area contributed by atoms with Crippen molar-refractivity contribution in [2.24, 2.45) is 0 Å². The molecule has 0 fully saturated rings. The van der Waals surface area contributed by atoms with Crippen molar-refractivity contribution in [3.8, 4) is 0 Å². The lowest BCUT2D eigenvalue weighted by Gasteiger charge is -2.40. The molecule has 118 valence electrons. The van der Waals surface area contributed by atoms with E-state index in [4.69, 9.17) is 27.9 Å². The molecule has 1 atom stereocenters. The first kappa shape index (κ1) is 15.6. The Balaban J connectivity index is 2.31. The van der Waals surface area contributed by atoms with E-state index < -0.39 is 11.6 Å². The van der Waals surface area contributed by atoms with E-state index in [2.05, 4.69) is 9.88 Å². The lowest BCUT2D eigenvalue weighted by molar-refractivity contribution is -0.163. The summed E-state index contributed by atoms with van der Waals surface area (Å²) in [7, 11) is 3.22. The molecule has 1 aromatic heterocycles. The van der Waals surface area contributed by atoms with Crippen LogP contribution in [-0.4, -0.2) is 41.7 Å². The highest BCUT2D eigenvalue weighted by atomic mass is 35.5. The van der Waals surface area contributed by atoms with Gasteiger partial charge in [-0.15, -0.1) is 0 Å². The van der Waals surface area contributed by atoms with E-state index in [1.165, 1.54) is 13.2 Å². The van der Waals surface area contributed by atoms with E-state index >= 15 is 0 Å². The molecule has 3 rings (SSSR count). The van der Waals surface area contributed by atoms with Gasteiger partial charge in [-0.25, -0.2) is 9.78 Å². The Labute approximate surface area is 138 Å². The minimum Gasteiger partial charge on any atom is -0.467 e. The topological polar surface area (TPSA) is 62.7 Å². The van der Waals surface area contributed by atoms with Crippen LogP contribution < -0.4 is 0 Å². The first-order chi connectivity index (χ1) is 10.4. The maximum Gasteiger partial charge on any atom is 0.342 e. The minimum absolute atomic E-state index is 0.133. The number of carbonyl (C=O) groups excluding carboxylic acids is 1. The lowest BCUT2D eigenvalue weighted by Crippen LogP contribution is -2.42. The monoisotopic (exact) mass is 342 g/mol. The molecule has 5 nitrogen and oxygen atoms in total. The van der Waals surface area contributed by atoms with Gasteiger partial charge in [0.1, 0.15) is 10.3 Å². The Kier molecular flexibility index (Phi) is 3.83. The summed E-state index contributed by atoms with van der Waals surface area (Å²) in [5.74, 6) is -0.716. The lowest BCUT2D eigenvalue weighted by atomic mass is 9.76. The maximum atomic E-state index is 12.2. The van der Waals surface area contributed by atoms with Crippen molar-refractivity contribution in [3.63, 3.8) is 0 Å². The summed E-state index contributed by atoms with van der Waals surface area (Å²) in [4.78, 5) is 18.4. The molecule has 0 amide bonds. The third-order valence-corrected chi connectivity index (χ3v) is 4.77. The van der Waals surface area contributed by atoms with Crippen molar-refractivity contribution in [2.75, 3.05) is 20.7 Å². The maximum absolute atomic E-state index is 12.2. The van der Waals surface area contributed by atoms with Gasteiger partial charge in [0.2, 0.25) is 0 Å². The van der Waals surface area contributed by atoms with Crippen molar-refractivity contribution in [2.45, 2.75) is 24.9 Å². The van der Waals surface area contributed by atoms with Gasteiger partial charge in [-0.3, -0.25) is 0 Å². The second-order valence-corrected chi connectivity index (χ2v) is 6.41. The van der Waals surface area contributed by atoms with Crippen molar-refractivity contribution >= 4 is 34.9 Å². The van der Waals surface area contributed by atoms with Crippen LogP contribution in [0.4, 0.5) is 0 Å². The molecule has 1 unspecified atom stereocenters. The molecule has 1 aliphatic carbocycles. The van der Waals surface area contributed by atoms with Crippen molar-refractivity contribution < 1.29 is 14.6 Å². The smallest absolute Gasteiger partial charge is 0.342 e. The van der Waals surface area contributed by atoms with Gasteiger partial charge in [0, 0.05) is 36.8 Å². The summed E-state index contributed by atoms with van der Waals surface area (Å²) in [6, 6.07) is 1.49. The van der Waals surface area contributed by atoms with Gasteiger partial charge in [0.05, 0.1) is 7.11 Å². The molecule has 2 aliphatic rings. The van der Waals surface area contributed by atoms with Crippen LogP contribution in [0.5, 0.6) is 0 Å². The largest absolute Gasteiger partial charge is 0.467 e. The zero-order valence-corrected chi connectivity index (χ0v) is 13.8. The number of aliphatic hydroxyl groups is 1. The van der Waals surface area contributed by atoms with E-state index in [0.29, 0.717) is 11.1 Å². The molecule has 22 heavy (non-hydrogen) atoms. The third-order valence-electron chi connectivity index (χ3n) is 4.31. The van der Waals surface area contributed by atoms with Crippen LogP contribution in [0.15, 0.2) is 11.6 Å². The van der Waals surface area contributed by atoms with Gasteiger partial charge in [0.15, 0.2) is 5.60 Å². The number of halogens is 2. The number of esters is 1. The zero-order chi connectivity index (χ0) is 16.1. The number of hydrogen-bond donors (Lipinski definition) is 1. The number of ether oxygens (including phenoxy) is 1. The average molecular weight is 343 g/mol. The molecular weight excluding hydrogens is 327 g/mol. The molecule has 0 aromatic carbocycles. The SMILES string of the molecule is COC(=O)C1(O)CC2=C(c3c1cc(Cl)nc3Cl)N(C)CCC2. The van der Waals surface area contributed by atoms with Gasteiger partial charge in [-0.1, -0.05) is 23.2 Å². The summed E-state index contributed by atoms with van der Waals surface area (Å²) in [5, 5.41) is 11.3. The molecule has 1 N–H and O–H groups in total. The standard InChI is InChI=1S/C15H16Cl2N2O3/c1-19-5-3-4-8-7-15(21,14(20)22-2)9-6-10(16)18-13(17)11(9)12(8)19/h6,21H,3-5,7H2,1-2H3. The molecule has 0 radical (unpaired) electrons. The predicted molar refractivity (Wildman–Crippen MR) is 83.6 cm³/mol. The second-order valence-electron chi connectivity index (χ2n) is 5.66. The van der Waals surface area contributed by atoms with E-state index in [1.807, 2.05) is 7.05 Å². The number of nitrogens with zero attached hydrogens (tertiary/aromatic N) is 2. The number of rotatable bonds is 1. The Hall–Kier alpha value is -1.30. The van der Waals surface area contributed by atoms with E-state index in [9.17, 15) is 9.90 Å². The molecule has 0 saturated carbocycles. The fourth-order valence-corrected chi connectivity index (χ4v) is 3.88. The number of pyridine rings is 1. The van der Waals surface area contributed by atoms with Gasteiger partial charge in [-0.2, -0.15) is 0 Å². The molecule has 1 aliphatic heterocycles. The van der Waals surface area contributed by atoms with Gasteiger partial charge >= 0.3 is 5.97 Å². The van der Waals surface area contributed by atoms with Crippen molar-refractivity contribution in [3.05, 3.63) is 33.1 Å². The van der Waals surface area contributed by atoms with E-state index in [0.717, 1.165) is 30.7 Å². The van der Waals surface area contributed by atoms with E-state index in [-0.39, 0.29) is 16.7 Å². The van der Waals surface area contributed by atoms with Crippen LogP contribution in [0.25, 0.3) is 5.70 Å². The fraction of sp³-hybridized carbons (Fsp3) is 0.467. The van der Waals surface area contributed by atoms with Crippen LogP contribution in [-0.2, 0) is 15.1 Å². The van der Waals surface area contributed by atoms with Gasteiger partial charge in [-0.05, 0) is 24.5 Å². The second kappa shape index (κ2) is 5.41. The summed E-state index contributed by atoms with van der Waals surface area (Å²) >= 11 is 12.3. The number of hydrogen-bond acceptors (Lipinski definition) is 5. The van der Waals surface area contributed by atoms with Crippen LogP contribution in [0, 0.1) is 0 Å². The molecule has 7 heteroatoms. The summed E-state index contributed by atoms with van der Waals surface area (Å²) in [6.07, 6.45) is 1.95. The quantitative estimate of drug-likeness (QED) is 0.627. The highest BCUT2D eigenvalue weighted by Gasteiger charge is 2.47. The molecule has 0 saturated heterocycles. The minimum atomic E-state index is -1.78. The highest BCUT2D eigenvalue weighted by molar-refractivity contribution is 6.34. The molecular formula is C15H16Cl2N2O3. The molecule has 1 aromatic rings. The Morgan fingerprint density at radius 3 is 2.91 bits per heavy atom. The Morgan fingerprint density at radius 1 is 1.50 bits per heavy atom. The summed E-state index contributed by atoms with van der Waals surface area (Å²) in [5.41, 5.74) is 1.07. The van der Waals surface area contributed by atoms with E-state index in [1.54, 1.807) is 0 Å². The zero-order valence-electron chi connectivity index (χ0n) is 12.3. The summed E-state index contributed by atoms with van der Waals surface area (Å²) < 4.78 is 4.80. The molecule has 0 spiro atoms. The third kappa shape index (κ3) is 2.19. The predicted octanol–water partition coefficient (Wildman–Crippen LogP) is 2.59. The number of carbonyl (C=O) groups is 1. The number of aromatic nitrogens is 1. The molecule has 0 bridgehead atoms. The first-order valence-corrected chi connectivity index (χ1v) is 7.75. The highest BCUT2D eigenvalue weighted by Crippen LogP contribution is 2.48. The normalized spacial score (nSPS) is 24.0. The van der Waals surface area contributed by atoms with Crippen LogP contribution in [0.1, 0.15) is 30.4 Å². The Morgan fingerprint density at radius 2 is 2.23 bits per heavy atom.